The summed E-state index contributed by atoms with van der Waals surface area (Å²) in [7, 11) is 0. The van der Waals surface area contributed by atoms with E-state index in [1.807, 2.05) is 18.2 Å². The normalized spacial score (nSPS) is 12.8. The molecule has 0 aliphatic heterocycles. The fourth-order valence-electron chi connectivity index (χ4n) is 1.55. The van der Waals surface area contributed by atoms with E-state index in [2.05, 4.69) is 54.1 Å². The maximum Gasteiger partial charge on any atom is 0.0721 e. The summed E-state index contributed by atoms with van der Waals surface area (Å²) in [5, 5.41) is 0. The second-order valence-corrected chi connectivity index (χ2v) is 5.63. The van der Waals surface area contributed by atoms with Crippen LogP contribution in [0.25, 0.3) is 0 Å². The minimum absolute atomic E-state index is 0.686. The lowest BCUT2D eigenvalue weighted by atomic mass is 10.1. The molecule has 0 aliphatic carbocycles. The molecule has 0 heterocycles. The Bertz CT molecular complexity index is 389. The van der Waals surface area contributed by atoms with Crippen LogP contribution >= 0.6 is 15.9 Å². The highest BCUT2D eigenvalue weighted by Gasteiger charge is 1.92. The summed E-state index contributed by atoms with van der Waals surface area (Å²) in [4.78, 5) is 0. The van der Waals surface area contributed by atoms with Crippen LogP contribution in [-0.2, 0) is 11.3 Å². The quantitative estimate of drug-likeness (QED) is 0.495. The first-order valence-corrected chi connectivity index (χ1v) is 7.07. The number of rotatable bonds is 7. The third kappa shape index (κ3) is 7.46. The molecule has 0 saturated carbocycles. The minimum atomic E-state index is 0.686. The SMILES string of the molecule is C/C(Br)=C\CC/C(C)=C/COCc1ccccc1. The van der Waals surface area contributed by atoms with Crippen LogP contribution in [0.2, 0.25) is 0 Å². The standard InChI is InChI=1S/C16H21BrO/c1-14(7-6-8-15(2)17)11-12-18-13-16-9-4-3-5-10-16/h3-5,8-11H,6-7,12-13H2,1-2H3/b14-11+,15-8+. The van der Waals surface area contributed by atoms with Gasteiger partial charge in [0, 0.05) is 0 Å². The Morgan fingerprint density at radius 2 is 1.89 bits per heavy atom. The number of ether oxygens (including phenoxy) is 1. The van der Waals surface area contributed by atoms with Crippen LogP contribution in [-0.4, -0.2) is 6.61 Å². The molecule has 0 unspecified atom stereocenters. The van der Waals surface area contributed by atoms with E-state index in [1.54, 1.807) is 0 Å². The topological polar surface area (TPSA) is 9.23 Å². The first kappa shape index (κ1) is 15.2. The van der Waals surface area contributed by atoms with Gasteiger partial charge >= 0.3 is 0 Å². The fraction of sp³-hybridized carbons (Fsp3) is 0.375. The largest absolute Gasteiger partial charge is 0.373 e. The Kier molecular flexibility index (Phi) is 7.70. The van der Waals surface area contributed by atoms with Gasteiger partial charge in [-0.1, -0.05) is 64.0 Å². The van der Waals surface area contributed by atoms with E-state index in [1.165, 1.54) is 15.6 Å². The van der Waals surface area contributed by atoms with E-state index in [0.29, 0.717) is 13.2 Å². The second kappa shape index (κ2) is 9.12. The van der Waals surface area contributed by atoms with Gasteiger partial charge in [0.05, 0.1) is 13.2 Å². The molecule has 0 spiro atoms. The lowest BCUT2D eigenvalue weighted by Gasteiger charge is -2.03. The molecule has 0 aliphatic rings. The average Bonchev–Trinajstić information content (AvgIpc) is 2.35. The summed E-state index contributed by atoms with van der Waals surface area (Å²) in [6, 6.07) is 10.3. The molecule has 0 amide bonds. The van der Waals surface area contributed by atoms with E-state index in [0.717, 1.165) is 12.8 Å². The molecule has 0 fully saturated rings. The maximum absolute atomic E-state index is 5.62. The molecule has 1 nitrogen and oxygen atoms in total. The predicted octanol–water partition coefficient (Wildman–Crippen LogP) is 5.23. The van der Waals surface area contributed by atoms with Crippen LogP contribution in [0.4, 0.5) is 0 Å². The van der Waals surface area contributed by atoms with E-state index in [-0.39, 0.29) is 0 Å². The molecule has 1 rings (SSSR count). The third-order valence-corrected chi connectivity index (χ3v) is 2.95. The van der Waals surface area contributed by atoms with Crippen LogP contribution < -0.4 is 0 Å². The first-order chi connectivity index (χ1) is 8.68. The van der Waals surface area contributed by atoms with Gasteiger partial charge in [0.2, 0.25) is 0 Å². The van der Waals surface area contributed by atoms with E-state index in [4.69, 9.17) is 4.74 Å². The summed E-state index contributed by atoms with van der Waals surface area (Å²) in [5.74, 6) is 0. The van der Waals surface area contributed by atoms with Crippen molar-refractivity contribution in [3.8, 4) is 0 Å². The molecule has 0 N–H and O–H groups in total. The van der Waals surface area contributed by atoms with Crippen molar-refractivity contribution in [2.45, 2.75) is 33.3 Å². The van der Waals surface area contributed by atoms with Gasteiger partial charge < -0.3 is 4.74 Å². The Balaban J connectivity index is 2.18. The summed E-state index contributed by atoms with van der Waals surface area (Å²) in [6.45, 7) is 5.59. The number of allylic oxidation sites excluding steroid dienone is 3. The average molecular weight is 309 g/mol. The Morgan fingerprint density at radius 3 is 2.56 bits per heavy atom. The van der Waals surface area contributed by atoms with Gasteiger partial charge in [-0.15, -0.1) is 0 Å². The zero-order chi connectivity index (χ0) is 13.2. The summed E-state index contributed by atoms with van der Waals surface area (Å²) in [5.41, 5.74) is 2.61. The van der Waals surface area contributed by atoms with Crippen molar-refractivity contribution < 1.29 is 4.74 Å². The monoisotopic (exact) mass is 308 g/mol. The Hall–Kier alpha value is -0.860. The van der Waals surface area contributed by atoms with Gasteiger partial charge in [-0.05, 0) is 36.7 Å². The summed E-state index contributed by atoms with van der Waals surface area (Å²) >= 11 is 3.43. The molecule has 0 aromatic heterocycles. The van der Waals surface area contributed by atoms with Crippen molar-refractivity contribution in [3.63, 3.8) is 0 Å². The lowest BCUT2D eigenvalue weighted by Crippen LogP contribution is -1.93. The Morgan fingerprint density at radius 1 is 1.17 bits per heavy atom. The van der Waals surface area contributed by atoms with Crippen molar-refractivity contribution in [1.29, 1.82) is 0 Å². The molecular weight excluding hydrogens is 288 g/mol. The van der Waals surface area contributed by atoms with Gasteiger partial charge in [0.1, 0.15) is 0 Å². The molecule has 2 heteroatoms. The highest BCUT2D eigenvalue weighted by atomic mass is 79.9. The number of hydrogen-bond donors (Lipinski definition) is 0. The highest BCUT2D eigenvalue weighted by molar-refractivity contribution is 9.11. The molecular formula is C16H21BrO. The molecule has 0 bridgehead atoms. The van der Waals surface area contributed by atoms with Crippen molar-refractivity contribution in [2.24, 2.45) is 0 Å². The molecule has 1 aromatic carbocycles. The van der Waals surface area contributed by atoms with Gasteiger partial charge in [0.25, 0.3) is 0 Å². The number of halogens is 1. The number of hydrogen-bond acceptors (Lipinski definition) is 1. The molecule has 0 radical (unpaired) electrons. The third-order valence-electron chi connectivity index (χ3n) is 2.63. The van der Waals surface area contributed by atoms with Crippen molar-refractivity contribution in [1.82, 2.24) is 0 Å². The maximum atomic E-state index is 5.62. The van der Waals surface area contributed by atoms with Crippen LogP contribution in [0.5, 0.6) is 0 Å². The van der Waals surface area contributed by atoms with Crippen molar-refractivity contribution >= 4 is 15.9 Å². The minimum Gasteiger partial charge on any atom is -0.373 e. The number of benzene rings is 1. The van der Waals surface area contributed by atoms with Crippen LogP contribution in [0.15, 0.2) is 52.5 Å². The van der Waals surface area contributed by atoms with Crippen molar-refractivity contribution in [3.05, 3.63) is 58.1 Å². The fourth-order valence-corrected chi connectivity index (χ4v) is 1.78. The lowest BCUT2D eigenvalue weighted by molar-refractivity contribution is 0.148. The van der Waals surface area contributed by atoms with Crippen LogP contribution in [0.3, 0.4) is 0 Å². The highest BCUT2D eigenvalue weighted by Crippen LogP contribution is 2.10. The Labute approximate surface area is 119 Å². The molecule has 98 valence electrons. The van der Waals surface area contributed by atoms with Crippen molar-refractivity contribution in [2.75, 3.05) is 6.61 Å². The van der Waals surface area contributed by atoms with E-state index >= 15 is 0 Å². The summed E-state index contributed by atoms with van der Waals surface area (Å²) < 4.78 is 6.82. The van der Waals surface area contributed by atoms with Gasteiger partial charge in [-0.3, -0.25) is 0 Å². The van der Waals surface area contributed by atoms with E-state index < -0.39 is 0 Å². The van der Waals surface area contributed by atoms with Gasteiger partial charge in [-0.2, -0.15) is 0 Å². The molecule has 0 saturated heterocycles. The van der Waals surface area contributed by atoms with Gasteiger partial charge in [-0.25, -0.2) is 0 Å². The zero-order valence-corrected chi connectivity index (χ0v) is 12.7. The second-order valence-electron chi connectivity index (χ2n) is 4.38. The first-order valence-electron chi connectivity index (χ1n) is 6.28. The molecule has 0 atom stereocenters. The van der Waals surface area contributed by atoms with E-state index in [9.17, 15) is 0 Å². The van der Waals surface area contributed by atoms with Gasteiger partial charge in [0.15, 0.2) is 0 Å². The molecule has 18 heavy (non-hydrogen) atoms. The summed E-state index contributed by atoms with van der Waals surface area (Å²) in [6.07, 6.45) is 6.54. The predicted molar refractivity (Wildman–Crippen MR) is 81.8 cm³/mol. The smallest absolute Gasteiger partial charge is 0.0721 e. The zero-order valence-electron chi connectivity index (χ0n) is 11.2. The van der Waals surface area contributed by atoms with Crippen LogP contribution in [0.1, 0.15) is 32.3 Å². The van der Waals surface area contributed by atoms with Crippen LogP contribution in [0, 0.1) is 0 Å². The molecule has 1 aromatic rings.